The van der Waals surface area contributed by atoms with Crippen molar-refractivity contribution in [1.82, 2.24) is 24.4 Å². The highest BCUT2D eigenvalue weighted by molar-refractivity contribution is 6.03. The van der Waals surface area contributed by atoms with Crippen LogP contribution in [0.3, 0.4) is 0 Å². The maximum absolute atomic E-state index is 12.0. The third kappa shape index (κ3) is 1.77. The predicted molar refractivity (Wildman–Crippen MR) is 80.0 cm³/mol. The number of ether oxygens (including phenoxy) is 1. The number of aromatic nitrogens is 5. The van der Waals surface area contributed by atoms with Crippen molar-refractivity contribution in [3.05, 3.63) is 28.4 Å². The Hall–Kier alpha value is -2.90. The Morgan fingerprint density at radius 2 is 2.18 bits per heavy atom. The molecule has 0 saturated carbocycles. The lowest BCUT2D eigenvalue weighted by atomic mass is 10.2. The standard InChI is InChI=1S/C14H16N6O2/c1-5-9-6-7(2)18-20(9)11-8(3)19-13(10(11)12(15)21)16-17-14(19)22-4/h6H,3,5H2,1-2,4H3,(H2,15,21). The molecule has 1 amide bonds. The molecule has 8 nitrogen and oxygen atoms in total. The maximum atomic E-state index is 12.0. The lowest BCUT2D eigenvalue weighted by Crippen LogP contribution is -2.20. The summed E-state index contributed by atoms with van der Waals surface area (Å²) >= 11 is 0. The average molecular weight is 300 g/mol. The Morgan fingerprint density at radius 1 is 1.45 bits per heavy atom. The van der Waals surface area contributed by atoms with E-state index in [1.165, 1.54) is 7.11 Å². The van der Waals surface area contributed by atoms with Crippen LogP contribution in [-0.2, 0) is 6.42 Å². The van der Waals surface area contributed by atoms with Gasteiger partial charge in [0.05, 0.1) is 18.2 Å². The predicted octanol–water partition coefficient (Wildman–Crippen LogP) is 0.0225. The molecule has 0 aliphatic rings. The molecule has 0 radical (unpaired) electrons. The lowest BCUT2D eigenvalue weighted by molar-refractivity contribution is 0.100. The van der Waals surface area contributed by atoms with Crippen LogP contribution >= 0.6 is 0 Å². The van der Waals surface area contributed by atoms with Gasteiger partial charge in [-0.15, -0.1) is 5.10 Å². The van der Waals surface area contributed by atoms with Crippen molar-refractivity contribution in [2.24, 2.45) is 5.73 Å². The van der Waals surface area contributed by atoms with Crippen molar-refractivity contribution in [2.75, 3.05) is 7.11 Å². The van der Waals surface area contributed by atoms with E-state index in [1.54, 1.807) is 9.08 Å². The highest BCUT2D eigenvalue weighted by Crippen LogP contribution is 2.21. The van der Waals surface area contributed by atoms with Crippen LogP contribution in [0.1, 0.15) is 28.7 Å². The van der Waals surface area contributed by atoms with Crippen LogP contribution in [0.15, 0.2) is 6.07 Å². The summed E-state index contributed by atoms with van der Waals surface area (Å²) in [5, 5.41) is 12.8. The van der Waals surface area contributed by atoms with Gasteiger partial charge in [-0.05, 0) is 19.4 Å². The number of methoxy groups -OCH3 is 1. The van der Waals surface area contributed by atoms with Crippen molar-refractivity contribution in [3.8, 4) is 11.7 Å². The molecule has 3 rings (SSSR count). The van der Waals surface area contributed by atoms with E-state index in [0.717, 1.165) is 17.8 Å². The molecule has 0 spiro atoms. The van der Waals surface area contributed by atoms with Gasteiger partial charge < -0.3 is 10.5 Å². The summed E-state index contributed by atoms with van der Waals surface area (Å²) in [4.78, 5) is 12.0. The molecule has 8 heteroatoms. The highest BCUT2D eigenvalue weighted by Gasteiger charge is 2.25. The second-order valence-corrected chi connectivity index (χ2v) is 4.92. The molecule has 0 aromatic carbocycles. The van der Waals surface area contributed by atoms with E-state index in [0.29, 0.717) is 16.7 Å². The second kappa shape index (κ2) is 4.83. The van der Waals surface area contributed by atoms with E-state index in [9.17, 15) is 4.79 Å². The van der Waals surface area contributed by atoms with E-state index in [1.807, 2.05) is 19.9 Å². The fourth-order valence-corrected chi connectivity index (χ4v) is 2.62. The summed E-state index contributed by atoms with van der Waals surface area (Å²) in [7, 11) is 1.47. The molecule has 0 unspecified atom stereocenters. The minimum Gasteiger partial charge on any atom is -0.467 e. The number of rotatable bonds is 4. The molecular formula is C14H16N6O2. The van der Waals surface area contributed by atoms with Crippen molar-refractivity contribution in [1.29, 1.82) is 0 Å². The van der Waals surface area contributed by atoms with Gasteiger partial charge in [0, 0.05) is 5.69 Å². The van der Waals surface area contributed by atoms with Crippen LogP contribution in [-0.4, -0.2) is 37.4 Å². The fourth-order valence-electron chi connectivity index (χ4n) is 2.62. The van der Waals surface area contributed by atoms with Gasteiger partial charge in [0.25, 0.3) is 5.91 Å². The summed E-state index contributed by atoms with van der Waals surface area (Å²) in [6.07, 6.45) is 0.751. The van der Waals surface area contributed by atoms with Crippen LogP contribution in [0.25, 0.3) is 17.9 Å². The number of nitrogens with two attached hydrogens (primary N) is 1. The van der Waals surface area contributed by atoms with E-state index in [2.05, 4.69) is 21.9 Å². The number of carbonyl (C=O) groups is 1. The van der Waals surface area contributed by atoms with Gasteiger partial charge in [-0.3, -0.25) is 4.79 Å². The molecule has 0 bridgehead atoms. The van der Waals surface area contributed by atoms with Gasteiger partial charge in [0.1, 0.15) is 11.3 Å². The molecule has 2 N–H and O–H groups in total. The maximum Gasteiger partial charge on any atom is 0.321 e. The van der Waals surface area contributed by atoms with Crippen LogP contribution in [0.2, 0.25) is 0 Å². The molecule has 114 valence electrons. The third-order valence-corrected chi connectivity index (χ3v) is 3.55. The van der Waals surface area contributed by atoms with Crippen molar-refractivity contribution in [3.63, 3.8) is 0 Å². The Bertz CT molecular complexity index is 923. The Kier molecular flexibility index (Phi) is 3.09. The Morgan fingerprint density at radius 3 is 2.77 bits per heavy atom. The highest BCUT2D eigenvalue weighted by atomic mass is 16.5. The average Bonchev–Trinajstić information content (AvgIpc) is 3.12. The zero-order valence-corrected chi connectivity index (χ0v) is 12.6. The zero-order valence-electron chi connectivity index (χ0n) is 12.6. The van der Waals surface area contributed by atoms with Crippen molar-refractivity contribution >= 4 is 18.1 Å². The SMILES string of the molecule is C=c1c(-n2nc(C)cc2CC)c(C(N)=O)c2nnc(OC)n12. The zero-order chi connectivity index (χ0) is 16.0. The lowest BCUT2D eigenvalue weighted by Gasteiger charge is -2.05. The van der Waals surface area contributed by atoms with Gasteiger partial charge in [-0.25, -0.2) is 9.08 Å². The first-order valence-corrected chi connectivity index (χ1v) is 6.79. The smallest absolute Gasteiger partial charge is 0.321 e. The summed E-state index contributed by atoms with van der Waals surface area (Å²) in [6.45, 7) is 7.93. The number of carbonyl (C=O) groups excluding carboxylic acids is 1. The summed E-state index contributed by atoms with van der Waals surface area (Å²) in [5.41, 5.74) is 8.41. The normalized spacial score (nSPS) is 11.2. The molecule has 22 heavy (non-hydrogen) atoms. The number of aryl methyl sites for hydroxylation is 2. The first kappa shape index (κ1) is 14.1. The summed E-state index contributed by atoms with van der Waals surface area (Å²) in [6, 6.07) is 2.20. The number of fused-ring (bicyclic) bond motifs is 1. The largest absolute Gasteiger partial charge is 0.467 e. The molecule has 0 aliphatic heterocycles. The summed E-state index contributed by atoms with van der Waals surface area (Å²) in [5.74, 6) is -0.611. The van der Waals surface area contributed by atoms with Crippen molar-refractivity contribution < 1.29 is 9.53 Å². The van der Waals surface area contributed by atoms with Gasteiger partial charge in [-0.1, -0.05) is 18.6 Å². The first-order chi connectivity index (χ1) is 10.5. The Balaban J connectivity index is 2.45. The molecule has 0 fully saturated rings. The molecule has 0 atom stereocenters. The molecule has 3 aromatic rings. The van der Waals surface area contributed by atoms with Crippen LogP contribution in [0.5, 0.6) is 6.01 Å². The number of hydrogen-bond donors (Lipinski definition) is 1. The third-order valence-electron chi connectivity index (χ3n) is 3.55. The van der Waals surface area contributed by atoms with E-state index >= 15 is 0 Å². The minimum atomic E-state index is -0.611. The van der Waals surface area contributed by atoms with Gasteiger partial charge in [-0.2, -0.15) is 5.10 Å². The second-order valence-electron chi connectivity index (χ2n) is 4.92. The molecule has 3 heterocycles. The summed E-state index contributed by atoms with van der Waals surface area (Å²) < 4.78 is 8.41. The number of nitrogens with zero attached hydrogens (tertiary/aromatic N) is 5. The molecule has 0 saturated heterocycles. The fraction of sp³-hybridized carbons (Fsp3) is 0.286. The van der Waals surface area contributed by atoms with E-state index < -0.39 is 5.91 Å². The van der Waals surface area contributed by atoms with Gasteiger partial charge in [0.15, 0.2) is 5.65 Å². The first-order valence-electron chi connectivity index (χ1n) is 6.79. The van der Waals surface area contributed by atoms with Gasteiger partial charge in [0.2, 0.25) is 0 Å². The van der Waals surface area contributed by atoms with Gasteiger partial charge >= 0.3 is 6.01 Å². The number of primary amides is 1. The van der Waals surface area contributed by atoms with Crippen molar-refractivity contribution in [2.45, 2.75) is 20.3 Å². The molecule has 3 aromatic heterocycles. The van der Waals surface area contributed by atoms with Crippen LogP contribution in [0, 0.1) is 6.92 Å². The number of amides is 1. The van der Waals surface area contributed by atoms with E-state index in [4.69, 9.17) is 10.5 Å². The molecule has 0 aliphatic carbocycles. The quantitative estimate of drug-likeness (QED) is 0.732. The van der Waals surface area contributed by atoms with Crippen LogP contribution < -0.4 is 15.8 Å². The molecular weight excluding hydrogens is 284 g/mol. The topological polar surface area (TPSA) is 100 Å². The number of hydrogen-bond acceptors (Lipinski definition) is 5. The minimum absolute atomic E-state index is 0.235. The van der Waals surface area contributed by atoms with E-state index in [-0.39, 0.29) is 11.6 Å². The monoisotopic (exact) mass is 300 g/mol. The van der Waals surface area contributed by atoms with Crippen LogP contribution in [0.4, 0.5) is 0 Å². The Labute approximate surface area is 126 Å².